The van der Waals surface area contributed by atoms with Gasteiger partial charge in [-0.2, -0.15) is 5.26 Å². The molecule has 5 nitrogen and oxygen atoms in total. The van der Waals surface area contributed by atoms with Gasteiger partial charge < -0.3 is 14.4 Å². The summed E-state index contributed by atoms with van der Waals surface area (Å²) < 4.78 is 10.9. The molecule has 1 saturated heterocycles. The van der Waals surface area contributed by atoms with Crippen LogP contribution in [0.25, 0.3) is 0 Å². The van der Waals surface area contributed by atoms with E-state index in [9.17, 15) is 4.79 Å². The second kappa shape index (κ2) is 5.51. The average molecular weight is 272 g/mol. The molecule has 0 spiro atoms. The SMILES string of the molecule is N#CC1COCCN1C(=O)C1CCOc2ccccc21. The second-order valence-electron chi connectivity index (χ2n) is 4.98. The Balaban J connectivity index is 1.86. The summed E-state index contributed by atoms with van der Waals surface area (Å²) in [7, 11) is 0. The summed E-state index contributed by atoms with van der Waals surface area (Å²) in [5.74, 6) is 0.573. The molecular formula is C15H16N2O3. The lowest BCUT2D eigenvalue weighted by Gasteiger charge is -2.35. The number of ether oxygens (including phenoxy) is 2. The number of amides is 1. The normalized spacial score (nSPS) is 25.2. The van der Waals surface area contributed by atoms with Crippen LogP contribution in [0.2, 0.25) is 0 Å². The van der Waals surface area contributed by atoms with Gasteiger partial charge in [-0.3, -0.25) is 4.79 Å². The maximum Gasteiger partial charge on any atom is 0.231 e. The van der Waals surface area contributed by atoms with Crippen molar-refractivity contribution in [2.75, 3.05) is 26.4 Å². The van der Waals surface area contributed by atoms with Crippen molar-refractivity contribution < 1.29 is 14.3 Å². The van der Waals surface area contributed by atoms with E-state index in [0.717, 1.165) is 11.3 Å². The first-order valence-electron chi connectivity index (χ1n) is 6.81. The van der Waals surface area contributed by atoms with Gasteiger partial charge in [-0.1, -0.05) is 18.2 Å². The number of nitrogens with zero attached hydrogens (tertiary/aromatic N) is 2. The van der Waals surface area contributed by atoms with E-state index < -0.39 is 6.04 Å². The van der Waals surface area contributed by atoms with Gasteiger partial charge in [0, 0.05) is 12.1 Å². The van der Waals surface area contributed by atoms with E-state index in [1.165, 1.54) is 0 Å². The number of fused-ring (bicyclic) bond motifs is 1. The van der Waals surface area contributed by atoms with Crippen molar-refractivity contribution in [2.45, 2.75) is 18.4 Å². The largest absolute Gasteiger partial charge is 0.493 e. The highest BCUT2D eigenvalue weighted by atomic mass is 16.5. The Kier molecular flexibility index (Phi) is 3.57. The van der Waals surface area contributed by atoms with Crippen LogP contribution in [0, 0.1) is 11.3 Å². The third-order valence-corrected chi connectivity index (χ3v) is 3.82. The first-order valence-corrected chi connectivity index (χ1v) is 6.81. The zero-order chi connectivity index (χ0) is 13.9. The van der Waals surface area contributed by atoms with Crippen molar-refractivity contribution in [3.8, 4) is 11.8 Å². The van der Waals surface area contributed by atoms with E-state index in [0.29, 0.717) is 32.8 Å². The minimum atomic E-state index is -0.480. The van der Waals surface area contributed by atoms with Crippen LogP contribution in [0.4, 0.5) is 0 Å². The van der Waals surface area contributed by atoms with Gasteiger partial charge in [-0.15, -0.1) is 0 Å². The fourth-order valence-corrected chi connectivity index (χ4v) is 2.77. The molecule has 5 heteroatoms. The number of nitriles is 1. The van der Waals surface area contributed by atoms with Crippen molar-refractivity contribution in [1.82, 2.24) is 4.90 Å². The van der Waals surface area contributed by atoms with E-state index in [1.54, 1.807) is 4.90 Å². The Labute approximate surface area is 117 Å². The average Bonchev–Trinajstić information content (AvgIpc) is 2.53. The molecule has 1 aromatic rings. The van der Waals surface area contributed by atoms with Crippen LogP contribution in [0.15, 0.2) is 24.3 Å². The number of hydrogen-bond donors (Lipinski definition) is 0. The first kappa shape index (κ1) is 12.9. The molecule has 1 aromatic carbocycles. The van der Waals surface area contributed by atoms with Gasteiger partial charge in [0.05, 0.1) is 31.8 Å². The van der Waals surface area contributed by atoms with Crippen LogP contribution < -0.4 is 4.74 Å². The summed E-state index contributed by atoms with van der Waals surface area (Å²) in [6, 6.07) is 9.29. The van der Waals surface area contributed by atoms with E-state index in [-0.39, 0.29) is 11.8 Å². The van der Waals surface area contributed by atoms with Gasteiger partial charge in [0.15, 0.2) is 0 Å². The summed E-state index contributed by atoms with van der Waals surface area (Å²) in [5.41, 5.74) is 0.923. The van der Waals surface area contributed by atoms with Crippen molar-refractivity contribution in [3.05, 3.63) is 29.8 Å². The summed E-state index contributed by atoms with van der Waals surface area (Å²) in [5, 5.41) is 9.16. The molecule has 0 saturated carbocycles. The van der Waals surface area contributed by atoms with Crippen molar-refractivity contribution in [2.24, 2.45) is 0 Å². The molecule has 1 fully saturated rings. The lowest BCUT2D eigenvalue weighted by Crippen LogP contribution is -2.50. The highest BCUT2D eigenvalue weighted by Gasteiger charge is 2.35. The molecule has 2 atom stereocenters. The highest BCUT2D eigenvalue weighted by molar-refractivity contribution is 5.85. The lowest BCUT2D eigenvalue weighted by atomic mass is 9.91. The minimum absolute atomic E-state index is 0.00981. The molecule has 1 amide bonds. The summed E-state index contributed by atoms with van der Waals surface area (Å²) in [4.78, 5) is 14.4. The topological polar surface area (TPSA) is 62.6 Å². The van der Waals surface area contributed by atoms with Gasteiger partial charge in [0.25, 0.3) is 0 Å². The van der Waals surface area contributed by atoms with Crippen molar-refractivity contribution in [3.63, 3.8) is 0 Å². The van der Waals surface area contributed by atoms with E-state index in [2.05, 4.69) is 6.07 Å². The molecule has 0 aliphatic carbocycles. The van der Waals surface area contributed by atoms with E-state index in [1.807, 2.05) is 24.3 Å². The van der Waals surface area contributed by atoms with E-state index in [4.69, 9.17) is 14.7 Å². The maximum absolute atomic E-state index is 12.7. The second-order valence-corrected chi connectivity index (χ2v) is 4.98. The fraction of sp³-hybridized carbons (Fsp3) is 0.467. The summed E-state index contributed by atoms with van der Waals surface area (Å²) >= 11 is 0. The maximum atomic E-state index is 12.7. The third-order valence-electron chi connectivity index (χ3n) is 3.82. The lowest BCUT2D eigenvalue weighted by molar-refractivity contribution is -0.140. The van der Waals surface area contributed by atoms with Crippen LogP contribution in [0.1, 0.15) is 17.9 Å². The fourth-order valence-electron chi connectivity index (χ4n) is 2.77. The van der Waals surface area contributed by atoms with Crippen LogP contribution in [0.5, 0.6) is 5.75 Å². The number of morpholine rings is 1. The molecule has 0 N–H and O–H groups in total. The number of benzene rings is 1. The quantitative estimate of drug-likeness (QED) is 0.773. The molecule has 2 aliphatic heterocycles. The Hall–Kier alpha value is -2.06. The van der Waals surface area contributed by atoms with Crippen LogP contribution in [0.3, 0.4) is 0 Å². The van der Waals surface area contributed by atoms with E-state index >= 15 is 0 Å². The van der Waals surface area contributed by atoms with Gasteiger partial charge in [0.1, 0.15) is 11.8 Å². The standard InChI is InChI=1S/C15H16N2O3/c16-9-11-10-19-8-6-17(11)15(18)13-5-7-20-14-4-2-1-3-12(13)14/h1-4,11,13H,5-8,10H2. The molecule has 2 unspecified atom stereocenters. The molecule has 20 heavy (non-hydrogen) atoms. The summed E-state index contributed by atoms with van der Waals surface area (Å²) in [6.07, 6.45) is 0.658. The zero-order valence-corrected chi connectivity index (χ0v) is 11.1. The molecule has 2 heterocycles. The molecule has 104 valence electrons. The van der Waals surface area contributed by atoms with Crippen LogP contribution >= 0.6 is 0 Å². The Morgan fingerprint density at radius 3 is 3.05 bits per heavy atom. The van der Waals surface area contributed by atoms with Crippen molar-refractivity contribution >= 4 is 5.91 Å². The third kappa shape index (κ3) is 2.23. The van der Waals surface area contributed by atoms with Crippen LogP contribution in [-0.2, 0) is 9.53 Å². The van der Waals surface area contributed by atoms with Crippen molar-refractivity contribution in [1.29, 1.82) is 5.26 Å². The predicted octanol–water partition coefficient (Wildman–Crippen LogP) is 1.30. The first-order chi connectivity index (χ1) is 9.81. The Morgan fingerprint density at radius 1 is 1.35 bits per heavy atom. The molecular weight excluding hydrogens is 256 g/mol. The molecule has 0 bridgehead atoms. The monoisotopic (exact) mass is 272 g/mol. The predicted molar refractivity (Wildman–Crippen MR) is 71.2 cm³/mol. The number of para-hydroxylation sites is 1. The number of rotatable bonds is 1. The highest BCUT2D eigenvalue weighted by Crippen LogP contribution is 2.35. The molecule has 3 rings (SSSR count). The van der Waals surface area contributed by atoms with Gasteiger partial charge in [-0.05, 0) is 12.5 Å². The molecule has 2 aliphatic rings. The van der Waals surface area contributed by atoms with Gasteiger partial charge in [0.2, 0.25) is 5.91 Å². The molecule has 0 aromatic heterocycles. The smallest absolute Gasteiger partial charge is 0.231 e. The Morgan fingerprint density at radius 2 is 2.20 bits per heavy atom. The number of hydrogen-bond acceptors (Lipinski definition) is 4. The zero-order valence-electron chi connectivity index (χ0n) is 11.1. The number of carbonyl (C=O) groups is 1. The van der Waals surface area contributed by atoms with Gasteiger partial charge >= 0.3 is 0 Å². The Bertz CT molecular complexity index is 552. The number of carbonyl (C=O) groups excluding carboxylic acids is 1. The van der Waals surface area contributed by atoms with Crippen LogP contribution in [-0.4, -0.2) is 43.2 Å². The summed E-state index contributed by atoms with van der Waals surface area (Å²) in [6.45, 7) is 1.81. The minimum Gasteiger partial charge on any atom is -0.493 e. The molecule has 0 radical (unpaired) electrons. The van der Waals surface area contributed by atoms with Gasteiger partial charge in [-0.25, -0.2) is 0 Å².